The molecule has 0 radical (unpaired) electrons. The number of aliphatic hydroxyl groups excluding tert-OH is 1. The molecule has 0 aliphatic carbocycles. The molecule has 0 saturated carbocycles. The lowest BCUT2D eigenvalue weighted by Gasteiger charge is -2.26. The zero-order valence-electron chi connectivity index (χ0n) is 15.3. The number of nitrogens with one attached hydrogen (secondary N) is 1. The standard InChI is InChI=1S/C17H21N3O7S/c1-26-15-3-2-12(28(24,25)19-5-8-27-9-6-19)10-13(15)18-14-11-16(22)20(4-7-21)17(14)23/h2-3,10-11,18,21H,4-9H2,1H3. The van der Waals surface area contributed by atoms with Gasteiger partial charge < -0.3 is 19.9 Å². The molecule has 1 aromatic rings. The van der Waals surface area contributed by atoms with Crippen molar-refractivity contribution < 1.29 is 32.6 Å². The van der Waals surface area contributed by atoms with Crippen molar-refractivity contribution in [2.45, 2.75) is 4.90 Å². The van der Waals surface area contributed by atoms with Crippen molar-refractivity contribution in [3.8, 4) is 5.75 Å². The van der Waals surface area contributed by atoms with E-state index in [0.29, 0.717) is 19.0 Å². The SMILES string of the molecule is COc1ccc(S(=O)(=O)N2CCOCC2)cc1NC1=CC(=O)N(CCO)C1=O. The van der Waals surface area contributed by atoms with Gasteiger partial charge in [-0.05, 0) is 18.2 Å². The summed E-state index contributed by atoms with van der Waals surface area (Å²) in [6, 6.07) is 4.25. The molecule has 0 unspecified atom stereocenters. The van der Waals surface area contributed by atoms with Crippen molar-refractivity contribution in [1.82, 2.24) is 9.21 Å². The molecule has 0 bridgehead atoms. The summed E-state index contributed by atoms with van der Waals surface area (Å²) in [6.45, 7) is 0.684. The molecule has 2 aliphatic heterocycles. The minimum absolute atomic E-state index is 0.0299. The van der Waals surface area contributed by atoms with E-state index in [0.717, 1.165) is 11.0 Å². The first-order chi connectivity index (χ1) is 13.4. The molecule has 2 heterocycles. The molecule has 0 spiro atoms. The van der Waals surface area contributed by atoms with Crippen molar-refractivity contribution in [3.05, 3.63) is 30.0 Å². The lowest BCUT2D eigenvalue weighted by molar-refractivity contribution is -0.137. The Balaban J connectivity index is 1.89. The second-order valence-electron chi connectivity index (χ2n) is 6.08. The number of hydrogen-bond acceptors (Lipinski definition) is 8. The van der Waals surface area contributed by atoms with E-state index in [2.05, 4.69) is 5.32 Å². The number of β-amino-alcohol motifs (C(OH)–C–C–N with tert-alkyl or cyclic N) is 1. The Labute approximate surface area is 162 Å². The fourth-order valence-corrected chi connectivity index (χ4v) is 4.37. The van der Waals surface area contributed by atoms with E-state index in [9.17, 15) is 18.0 Å². The minimum atomic E-state index is -3.74. The van der Waals surface area contributed by atoms with Crippen LogP contribution in [0.3, 0.4) is 0 Å². The number of nitrogens with zero attached hydrogens (tertiary/aromatic N) is 2. The van der Waals surface area contributed by atoms with Crippen LogP contribution in [0.5, 0.6) is 5.75 Å². The highest BCUT2D eigenvalue weighted by atomic mass is 32.2. The highest BCUT2D eigenvalue weighted by Crippen LogP contribution is 2.31. The van der Waals surface area contributed by atoms with Crippen molar-refractivity contribution in [1.29, 1.82) is 0 Å². The number of anilines is 1. The lowest BCUT2D eigenvalue weighted by atomic mass is 10.2. The Hall–Kier alpha value is -2.47. The molecule has 2 amide bonds. The number of rotatable bonds is 7. The first-order valence-electron chi connectivity index (χ1n) is 8.60. The largest absolute Gasteiger partial charge is 0.495 e. The van der Waals surface area contributed by atoms with Crippen molar-refractivity contribution in [2.24, 2.45) is 0 Å². The average molecular weight is 411 g/mol. The fourth-order valence-electron chi connectivity index (χ4n) is 2.94. The Bertz CT molecular complexity index is 907. The number of sulfonamides is 1. The van der Waals surface area contributed by atoms with E-state index in [1.807, 2.05) is 0 Å². The quantitative estimate of drug-likeness (QED) is 0.569. The summed E-state index contributed by atoms with van der Waals surface area (Å²) in [6.07, 6.45) is 1.10. The van der Waals surface area contributed by atoms with Gasteiger partial charge in [-0.15, -0.1) is 0 Å². The minimum Gasteiger partial charge on any atom is -0.495 e. The van der Waals surface area contributed by atoms with Gasteiger partial charge in [0.05, 0.1) is 44.1 Å². The van der Waals surface area contributed by atoms with E-state index in [1.165, 1.54) is 29.6 Å². The van der Waals surface area contributed by atoms with Crippen LogP contribution in [0.1, 0.15) is 0 Å². The van der Waals surface area contributed by atoms with E-state index in [1.54, 1.807) is 0 Å². The number of carbonyl (C=O) groups is 2. The van der Waals surface area contributed by atoms with Gasteiger partial charge in [-0.25, -0.2) is 8.42 Å². The third-order valence-electron chi connectivity index (χ3n) is 4.38. The first-order valence-corrected chi connectivity index (χ1v) is 10.0. The molecule has 3 rings (SSSR count). The maximum absolute atomic E-state index is 12.9. The second-order valence-corrected chi connectivity index (χ2v) is 8.02. The molecule has 2 aliphatic rings. The van der Waals surface area contributed by atoms with Gasteiger partial charge in [0, 0.05) is 19.2 Å². The van der Waals surface area contributed by atoms with Crippen LogP contribution in [-0.4, -0.2) is 81.1 Å². The van der Waals surface area contributed by atoms with Gasteiger partial charge in [0.25, 0.3) is 11.8 Å². The number of amides is 2. The zero-order chi connectivity index (χ0) is 20.3. The molecule has 10 nitrogen and oxygen atoms in total. The Morgan fingerprint density at radius 2 is 1.96 bits per heavy atom. The molecular formula is C17H21N3O7S. The summed E-state index contributed by atoms with van der Waals surface area (Å²) in [5, 5.41) is 11.8. The number of imide groups is 1. The van der Waals surface area contributed by atoms with Crippen LogP contribution < -0.4 is 10.1 Å². The smallest absolute Gasteiger partial charge is 0.277 e. The van der Waals surface area contributed by atoms with E-state index in [4.69, 9.17) is 14.6 Å². The van der Waals surface area contributed by atoms with Gasteiger partial charge in [-0.1, -0.05) is 0 Å². The molecule has 11 heteroatoms. The normalized spacial score (nSPS) is 18.4. The average Bonchev–Trinajstić information content (AvgIpc) is 2.96. The van der Waals surface area contributed by atoms with Gasteiger partial charge in [-0.3, -0.25) is 14.5 Å². The second kappa shape index (κ2) is 8.27. The Kier molecular flexibility index (Phi) is 5.98. The number of aliphatic hydroxyl groups is 1. The molecule has 0 aromatic heterocycles. The number of methoxy groups -OCH3 is 1. The van der Waals surface area contributed by atoms with Crippen molar-refractivity contribution in [3.63, 3.8) is 0 Å². The van der Waals surface area contributed by atoms with E-state index >= 15 is 0 Å². The van der Waals surface area contributed by atoms with Crippen LogP contribution in [0.4, 0.5) is 5.69 Å². The predicted molar refractivity (Wildman–Crippen MR) is 98.1 cm³/mol. The summed E-state index contributed by atoms with van der Waals surface area (Å²) in [5.41, 5.74) is 0.202. The van der Waals surface area contributed by atoms with Crippen molar-refractivity contribution >= 4 is 27.5 Å². The Morgan fingerprint density at radius 3 is 2.61 bits per heavy atom. The van der Waals surface area contributed by atoms with Crippen LogP contribution in [-0.2, 0) is 24.3 Å². The number of hydrogen-bond donors (Lipinski definition) is 2. The topological polar surface area (TPSA) is 125 Å². The zero-order valence-corrected chi connectivity index (χ0v) is 16.1. The molecule has 1 aromatic carbocycles. The summed E-state index contributed by atoms with van der Waals surface area (Å²) >= 11 is 0. The fraction of sp³-hybridized carbons (Fsp3) is 0.412. The summed E-state index contributed by atoms with van der Waals surface area (Å²) < 4.78 is 37.5. The van der Waals surface area contributed by atoms with Gasteiger partial charge in [-0.2, -0.15) is 4.31 Å². The summed E-state index contributed by atoms with van der Waals surface area (Å²) in [4.78, 5) is 25.1. The summed E-state index contributed by atoms with van der Waals surface area (Å²) in [5.74, 6) is -0.858. The molecule has 0 atom stereocenters. The third-order valence-corrected chi connectivity index (χ3v) is 6.28. The summed E-state index contributed by atoms with van der Waals surface area (Å²) in [7, 11) is -2.34. The number of ether oxygens (including phenoxy) is 2. The highest BCUT2D eigenvalue weighted by Gasteiger charge is 2.32. The molecule has 2 N–H and O–H groups in total. The highest BCUT2D eigenvalue weighted by molar-refractivity contribution is 7.89. The molecule has 28 heavy (non-hydrogen) atoms. The van der Waals surface area contributed by atoms with Gasteiger partial charge in [0.1, 0.15) is 11.4 Å². The molecule has 1 fully saturated rings. The van der Waals surface area contributed by atoms with Crippen LogP contribution in [0.15, 0.2) is 34.9 Å². The van der Waals surface area contributed by atoms with Crippen LogP contribution in [0.2, 0.25) is 0 Å². The van der Waals surface area contributed by atoms with Crippen LogP contribution in [0.25, 0.3) is 0 Å². The Morgan fingerprint density at radius 1 is 1.25 bits per heavy atom. The number of benzene rings is 1. The molecule has 1 saturated heterocycles. The lowest BCUT2D eigenvalue weighted by Crippen LogP contribution is -2.40. The third kappa shape index (κ3) is 3.87. The van der Waals surface area contributed by atoms with Crippen LogP contribution in [0, 0.1) is 0 Å². The van der Waals surface area contributed by atoms with Gasteiger partial charge in [0.15, 0.2) is 0 Å². The van der Waals surface area contributed by atoms with Gasteiger partial charge >= 0.3 is 0 Å². The van der Waals surface area contributed by atoms with E-state index < -0.39 is 21.8 Å². The molecule has 152 valence electrons. The van der Waals surface area contributed by atoms with Crippen LogP contribution >= 0.6 is 0 Å². The predicted octanol–water partition coefficient (Wildman–Crippen LogP) is -0.627. The van der Waals surface area contributed by atoms with Crippen molar-refractivity contribution in [2.75, 3.05) is 51.9 Å². The monoisotopic (exact) mass is 411 g/mol. The number of morpholine rings is 1. The number of carbonyl (C=O) groups excluding carboxylic acids is 2. The maximum Gasteiger partial charge on any atom is 0.277 e. The molecular weight excluding hydrogens is 390 g/mol. The van der Waals surface area contributed by atoms with E-state index in [-0.39, 0.29) is 42.5 Å². The first kappa shape index (κ1) is 20.3. The maximum atomic E-state index is 12.9. The van der Waals surface area contributed by atoms with Gasteiger partial charge in [0.2, 0.25) is 10.0 Å².